The van der Waals surface area contributed by atoms with Gasteiger partial charge in [0.05, 0.1) is 5.56 Å². The Bertz CT molecular complexity index is 546. The molecule has 2 rings (SSSR count). The average molecular weight is 302 g/mol. The minimum Gasteiger partial charge on any atom is -0.352 e. The first-order valence-corrected chi connectivity index (χ1v) is 6.52. The molecule has 0 bridgehead atoms. The topological polar surface area (TPSA) is 62.3 Å². The summed E-state index contributed by atoms with van der Waals surface area (Å²) in [6, 6.07) is 3.01. The number of nitrogens with zero attached hydrogens (tertiary/aromatic N) is 2. The minimum absolute atomic E-state index is 0.0410. The fraction of sp³-hybridized carbons (Fsp3) is 0.417. The molecular formula is C12H13Cl2N3O2. The number of carbonyl (C=O) groups excluding carboxylic acids is 2. The molecule has 2 amide bonds. The zero-order valence-electron chi connectivity index (χ0n) is 10.5. The summed E-state index contributed by atoms with van der Waals surface area (Å²) >= 11 is 11.6. The number of piperazine rings is 1. The molecule has 1 aliphatic heterocycles. The second-order valence-electron chi connectivity index (χ2n) is 4.74. The third-order valence-electron chi connectivity index (χ3n) is 3.14. The Labute approximate surface area is 120 Å². The van der Waals surface area contributed by atoms with Gasteiger partial charge in [-0.15, -0.1) is 0 Å². The Morgan fingerprint density at radius 3 is 2.74 bits per heavy atom. The van der Waals surface area contributed by atoms with Gasteiger partial charge in [0.1, 0.15) is 15.8 Å². The summed E-state index contributed by atoms with van der Waals surface area (Å²) in [5.74, 6) is -0.515. The summed E-state index contributed by atoms with van der Waals surface area (Å²) in [5, 5.41) is 2.99. The van der Waals surface area contributed by atoms with Gasteiger partial charge >= 0.3 is 0 Å². The first kappa shape index (κ1) is 14.1. The van der Waals surface area contributed by atoms with Gasteiger partial charge in [0, 0.05) is 13.1 Å². The molecule has 1 aromatic rings. The van der Waals surface area contributed by atoms with Crippen LogP contribution in [0.15, 0.2) is 12.1 Å². The van der Waals surface area contributed by atoms with Gasteiger partial charge in [0.15, 0.2) is 0 Å². The van der Waals surface area contributed by atoms with E-state index in [9.17, 15) is 9.59 Å². The van der Waals surface area contributed by atoms with Crippen molar-refractivity contribution in [2.45, 2.75) is 19.4 Å². The lowest BCUT2D eigenvalue weighted by atomic mass is 9.98. The zero-order chi connectivity index (χ0) is 14.2. The Hall–Kier alpha value is -1.33. The van der Waals surface area contributed by atoms with Crippen LogP contribution < -0.4 is 5.32 Å². The Balaban J connectivity index is 2.35. The smallest absolute Gasteiger partial charge is 0.257 e. The predicted octanol–water partition coefficient (Wildman–Crippen LogP) is 1.74. The van der Waals surface area contributed by atoms with Gasteiger partial charge < -0.3 is 10.2 Å². The first-order chi connectivity index (χ1) is 8.84. The SMILES string of the molecule is CC1(C)C(=O)NCCN1C(=O)c1ccc(Cl)nc1Cl. The Kier molecular flexibility index (Phi) is 3.69. The lowest BCUT2D eigenvalue weighted by Crippen LogP contribution is -2.63. The van der Waals surface area contributed by atoms with Crippen LogP contribution in [0.4, 0.5) is 0 Å². The maximum absolute atomic E-state index is 12.5. The number of amides is 2. The number of carbonyl (C=O) groups is 2. The summed E-state index contributed by atoms with van der Waals surface area (Å²) in [4.78, 5) is 29.6. The highest BCUT2D eigenvalue weighted by atomic mass is 35.5. The standard InChI is InChI=1S/C12H13Cl2N3O2/c1-12(2)11(19)15-5-6-17(12)10(18)7-3-4-8(13)16-9(7)14/h3-4H,5-6H2,1-2H3,(H,15,19). The largest absolute Gasteiger partial charge is 0.352 e. The number of hydrogen-bond acceptors (Lipinski definition) is 3. The maximum atomic E-state index is 12.5. The Morgan fingerprint density at radius 1 is 1.42 bits per heavy atom. The first-order valence-electron chi connectivity index (χ1n) is 5.76. The van der Waals surface area contributed by atoms with Crippen LogP contribution in [-0.4, -0.2) is 40.3 Å². The molecule has 102 valence electrons. The predicted molar refractivity (Wildman–Crippen MR) is 72.4 cm³/mol. The lowest BCUT2D eigenvalue weighted by molar-refractivity contribution is -0.133. The van der Waals surface area contributed by atoms with E-state index in [1.54, 1.807) is 13.8 Å². The minimum atomic E-state index is -0.918. The highest BCUT2D eigenvalue weighted by Gasteiger charge is 2.41. The summed E-state index contributed by atoms with van der Waals surface area (Å²) in [6.07, 6.45) is 0. The second-order valence-corrected chi connectivity index (χ2v) is 5.49. The molecule has 1 fully saturated rings. The number of rotatable bonds is 1. The number of hydrogen-bond donors (Lipinski definition) is 1. The molecule has 0 aromatic carbocycles. The molecule has 0 spiro atoms. The van der Waals surface area contributed by atoms with Gasteiger partial charge in [-0.25, -0.2) is 4.98 Å². The van der Waals surface area contributed by atoms with E-state index >= 15 is 0 Å². The molecule has 0 unspecified atom stereocenters. The van der Waals surface area contributed by atoms with Gasteiger partial charge in [-0.3, -0.25) is 9.59 Å². The van der Waals surface area contributed by atoms with E-state index in [1.165, 1.54) is 17.0 Å². The van der Waals surface area contributed by atoms with Gasteiger partial charge in [-0.05, 0) is 26.0 Å². The van der Waals surface area contributed by atoms with Crippen LogP contribution >= 0.6 is 23.2 Å². The molecule has 5 nitrogen and oxygen atoms in total. The molecule has 0 saturated carbocycles. The van der Waals surface area contributed by atoms with Crippen molar-refractivity contribution in [1.82, 2.24) is 15.2 Å². The van der Waals surface area contributed by atoms with Gasteiger partial charge in [0.25, 0.3) is 5.91 Å². The van der Waals surface area contributed by atoms with E-state index in [4.69, 9.17) is 23.2 Å². The van der Waals surface area contributed by atoms with Crippen molar-refractivity contribution in [3.05, 3.63) is 28.0 Å². The van der Waals surface area contributed by atoms with Crippen LogP contribution in [0.1, 0.15) is 24.2 Å². The summed E-state index contributed by atoms with van der Waals surface area (Å²) in [6.45, 7) is 4.23. The highest BCUT2D eigenvalue weighted by Crippen LogP contribution is 2.24. The van der Waals surface area contributed by atoms with Gasteiger partial charge in [-0.1, -0.05) is 23.2 Å². The lowest BCUT2D eigenvalue weighted by Gasteiger charge is -2.41. The molecule has 0 radical (unpaired) electrons. The van der Waals surface area contributed by atoms with E-state index in [2.05, 4.69) is 10.3 Å². The third kappa shape index (κ3) is 2.53. The van der Waals surface area contributed by atoms with Crippen LogP contribution in [0.5, 0.6) is 0 Å². The van der Waals surface area contributed by atoms with Crippen molar-refractivity contribution in [3.63, 3.8) is 0 Å². The van der Waals surface area contributed by atoms with E-state index in [0.717, 1.165) is 0 Å². The van der Waals surface area contributed by atoms with Crippen LogP contribution in [0.25, 0.3) is 0 Å². The normalized spacial score (nSPS) is 18.1. The molecule has 2 heterocycles. The maximum Gasteiger partial charge on any atom is 0.257 e. The van der Waals surface area contributed by atoms with Crippen molar-refractivity contribution in [2.75, 3.05) is 13.1 Å². The van der Waals surface area contributed by atoms with Crippen LogP contribution in [0.2, 0.25) is 10.3 Å². The fourth-order valence-corrected chi connectivity index (χ4v) is 2.40. The van der Waals surface area contributed by atoms with E-state index in [0.29, 0.717) is 13.1 Å². The van der Waals surface area contributed by atoms with Crippen molar-refractivity contribution >= 4 is 35.0 Å². The van der Waals surface area contributed by atoms with Crippen LogP contribution in [0.3, 0.4) is 0 Å². The average Bonchev–Trinajstić information content (AvgIpc) is 2.32. The molecule has 1 aromatic heterocycles. The van der Waals surface area contributed by atoms with Crippen molar-refractivity contribution in [3.8, 4) is 0 Å². The molecule has 7 heteroatoms. The number of pyridine rings is 1. The molecule has 0 atom stereocenters. The van der Waals surface area contributed by atoms with Crippen molar-refractivity contribution < 1.29 is 9.59 Å². The molecule has 1 saturated heterocycles. The summed E-state index contributed by atoms with van der Waals surface area (Å²) in [5.41, 5.74) is -0.674. The molecule has 19 heavy (non-hydrogen) atoms. The van der Waals surface area contributed by atoms with E-state index in [-0.39, 0.29) is 27.7 Å². The third-order valence-corrected chi connectivity index (χ3v) is 3.64. The fourth-order valence-electron chi connectivity index (χ4n) is 1.97. The Morgan fingerprint density at radius 2 is 2.11 bits per heavy atom. The van der Waals surface area contributed by atoms with Gasteiger partial charge in [0.2, 0.25) is 5.91 Å². The molecular weight excluding hydrogens is 289 g/mol. The quantitative estimate of drug-likeness (QED) is 0.804. The van der Waals surface area contributed by atoms with Crippen molar-refractivity contribution in [1.29, 1.82) is 0 Å². The molecule has 0 aliphatic carbocycles. The molecule has 1 aliphatic rings. The zero-order valence-corrected chi connectivity index (χ0v) is 12.0. The summed E-state index contributed by atoms with van der Waals surface area (Å²) < 4.78 is 0. The second kappa shape index (κ2) is 4.98. The summed E-state index contributed by atoms with van der Waals surface area (Å²) in [7, 11) is 0. The van der Waals surface area contributed by atoms with Crippen LogP contribution in [0, 0.1) is 0 Å². The van der Waals surface area contributed by atoms with Gasteiger partial charge in [-0.2, -0.15) is 0 Å². The van der Waals surface area contributed by atoms with Crippen molar-refractivity contribution in [2.24, 2.45) is 0 Å². The van der Waals surface area contributed by atoms with Crippen LogP contribution in [-0.2, 0) is 4.79 Å². The van der Waals surface area contributed by atoms with E-state index in [1.807, 2.05) is 0 Å². The monoisotopic (exact) mass is 301 g/mol. The molecule has 1 N–H and O–H groups in total. The number of aromatic nitrogens is 1. The van der Waals surface area contributed by atoms with E-state index < -0.39 is 5.54 Å². The number of halogens is 2. The highest BCUT2D eigenvalue weighted by molar-refractivity contribution is 6.34. The number of nitrogens with one attached hydrogen (secondary N) is 1.